The number of hydrogen-bond acceptors (Lipinski definition) is 3. The molecule has 0 aromatic heterocycles. The van der Waals surface area contributed by atoms with Gasteiger partial charge in [0.15, 0.2) is 0 Å². The molecule has 0 aromatic rings. The molecule has 1 heterocycles. The lowest BCUT2D eigenvalue weighted by atomic mass is 9.79. The molecule has 0 amide bonds. The van der Waals surface area contributed by atoms with Crippen molar-refractivity contribution in [1.82, 2.24) is 10.6 Å². The summed E-state index contributed by atoms with van der Waals surface area (Å²) in [6.45, 7) is 5.19. The SMILES string of the molecule is CC1CCC(O)(CNC2CNC2)CC1. The molecule has 0 radical (unpaired) electrons. The molecule has 82 valence electrons. The summed E-state index contributed by atoms with van der Waals surface area (Å²) in [5.74, 6) is 0.806. The van der Waals surface area contributed by atoms with Crippen molar-refractivity contribution in [2.75, 3.05) is 19.6 Å². The van der Waals surface area contributed by atoms with Crippen LogP contribution in [0.3, 0.4) is 0 Å². The lowest BCUT2D eigenvalue weighted by Gasteiger charge is -2.38. The van der Waals surface area contributed by atoms with Gasteiger partial charge in [-0.15, -0.1) is 0 Å². The van der Waals surface area contributed by atoms with E-state index in [0.717, 1.165) is 38.4 Å². The molecule has 1 saturated heterocycles. The van der Waals surface area contributed by atoms with E-state index in [1.807, 2.05) is 0 Å². The third-order valence-corrected chi connectivity index (χ3v) is 3.71. The Morgan fingerprint density at radius 1 is 1.36 bits per heavy atom. The Labute approximate surface area is 86.3 Å². The fourth-order valence-electron chi connectivity index (χ4n) is 2.24. The van der Waals surface area contributed by atoms with Crippen molar-refractivity contribution in [3.8, 4) is 0 Å². The van der Waals surface area contributed by atoms with Crippen LogP contribution in [0.2, 0.25) is 0 Å². The molecule has 0 unspecified atom stereocenters. The highest BCUT2D eigenvalue weighted by molar-refractivity contribution is 4.90. The van der Waals surface area contributed by atoms with Gasteiger partial charge in [-0.2, -0.15) is 0 Å². The molecule has 3 heteroatoms. The predicted molar refractivity (Wildman–Crippen MR) is 57.2 cm³/mol. The molecule has 1 aliphatic heterocycles. The fourth-order valence-corrected chi connectivity index (χ4v) is 2.24. The molecule has 0 spiro atoms. The molecule has 2 aliphatic rings. The first-order chi connectivity index (χ1) is 6.68. The van der Waals surface area contributed by atoms with Crippen molar-refractivity contribution < 1.29 is 5.11 Å². The summed E-state index contributed by atoms with van der Waals surface area (Å²) in [5.41, 5.74) is -0.415. The minimum atomic E-state index is -0.415. The van der Waals surface area contributed by atoms with Gasteiger partial charge in [0.25, 0.3) is 0 Å². The normalized spacial score (nSPS) is 39.4. The third kappa shape index (κ3) is 2.47. The smallest absolute Gasteiger partial charge is 0.0771 e. The monoisotopic (exact) mass is 198 g/mol. The van der Waals surface area contributed by atoms with Gasteiger partial charge in [0, 0.05) is 25.7 Å². The number of rotatable bonds is 3. The Kier molecular flexibility index (Phi) is 3.10. The maximum Gasteiger partial charge on any atom is 0.0771 e. The van der Waals surface area contributed by atoms with E-state index in [9.17, 15) is 5.11 Å². The quantitative estimate of drug-likeness (QED) is 0.618. The van der Waals surface area contributed by atoms with E-state index in [1.165, 1.54) is 12.8 Å². The third-order valence-electron chi connectivity index (χ3n) is 3.71. The Balaban J connectivity index is 1.71. The number of hydrogen-bond donors (Lipinski definition) is 3. The molecular formula is C11H22N2O. The van der Waals surface area contributed by atoms with Crippen molar-refractivity contribution in [2.45, 2.75) is 44.2 Å². The number of nitrogens with one attached hydrogen (secondary N) is 2. The van der Waals surface area contributed by atoms with Crippen LogP contribution in [0.4, 0.5) is 0 Å². The molecule has 0 atom stereocenters. The Hall–Kier alpha value is -0.120. The molecule has 2 rings (SSSR count). The van der Waals surface area contributed by atoms with Crippen molar-refractivity contribution in [2.24, 2.45) is 5.92 Å². The summed E-state index contributed by atoms with van der Waals surface area (Å²) in [7, 11) is 0. The zero-order chi connectivity index (χ0) is 10.0. The molecular weight excluding hydrogens is 176 g/mol. The standard InChI is InChI=1S/C11H22N2O/c1-9-2-4-11(14,5-3-9)8-13-10-6-12-7-10/h9-10,12-14H,2-8H2,1H3. The first kappa shape index (κ1) is 10.4. The molecule has 1 saturated carbocycles. The highest BCUT2D eigenvalue weighted by Gasteiger charge is 2.32. The van der Waals surface area contributed by atoms with Gasteiger partial charge < -0.3 is 15.7 Å². The van der Waals surface area contributed by atoms with Gasteiger partial charge in [0.2, 0.25) is 0 Å². The predicted octanol–water partition coefficient (Wildman–Crippen LogP) is 0.489. The molecule has 3 N–H and O–H groups in total. The maximum absolute atomic E-state index is 10.3. The van der Waals surface area contributed by atoms with Gasteiger partial charge in [0.1, 0.15) is 0 Å². The highest BCUT2D eigenvalue weighted by atomic mass is 16.3. The molecule has 3 nitrogen and oxygen atoms in total. The average Bonchev–Trinajstić information content (AvgIpc) is 2.08. The van der Waals surface area contributed by atoms with Gasteiger partial charge in [-0.3, -0.25) is 0 Å². The summed E-state index contributed by atoms with van der Waals surface area (Å²) in [6, 6.07) is 0.596. The van der Waals surface area contributed by atoms with Gasteiger partial charge in [-0.1, -0.05) is 6.92 Å². The zero-order valence-electron chi connectivity index (χ0n) is 9.05. The van der Waals surface area contributed by atoms with E-state index in [0.29, 0.717) is 6.04 Å². The Morgan fingerprint density at radius 2 is 2.00 bits per heavy atom. The van der Waals surface area contributed by atoms with E-state index in [4.69, 9.17) is 0 Å². The lowest BCUT2D eigenvalue weighted by molar-refractivity contribution is -0.00936. The molecule has 0 aromatic carbocycles. The van der Waals surface area contributed by atoms with Gasteiger partial charge >= 0.3 is 0 Å². The highest BCUT2D eigenvalue weighted by Crippen LogP contribution is 2.31. The number of aliphatic hydroxyl groups is 1. The first-order valence-corrected chi connectivity index (χ1v) is 5.84. The molecule has 1 aliphatic carbocycles. The second-order valence-corrected chi connectivity index (χ2v) is 5.14. The van der Waals surface area contributed by atoms with Crippen LogP contribution < -0.4 is 10.6 Å². The molecule has 2 fully saturated rings. The van der Waals surface area contributed by atoms with Crippen molar-refractivity contribution >= 4 is 0 Å². The summed E-state index contributed by atoms with van der Waals surface area (Å²) in [5, 5.41) is 16.9. The van der Waals surface area contributed by atoms with E-state index in [1.54, 1.807) is 0 Å². The van der Waals surface area contributed by atoms with Crippen LogP contribution in [0, 0.1) is 5.92 Å². The van der Waals surface area contributed by atoms with Crippen LogP contribution in [0.15, 0.2) is 0 Å². The first-order valence-electron chi connectivity index (χ1n) is 5.84. The summed E-state index contributed by atoms with van der Waals surface area (Å²) < 4.78 is 0. The largest absolute Gasteiger partial charge is 0.389 e. The van der Waals surface area contributed by atoms with Gasteiger partial charge in [-0.05, 0) is 31.6 Å². The van der Waals surface area contributed by atoms with Crippen LogP contribution >= 0.6 is 0 Å². The van der Waals surface area contributed by atoms with Gasteiger partial charge in [0.05, 0.1) is 5.60 Å². The lowest BCUT2D eigenvalue weighted by Crippen LogP contribution is -2.58. The minimum Gasteiger partial charge on any atom is -0.389 e. The van der Waals surface area contributed by atoms with Crippen molar-refractivity contribution in [1.29, 1.82) is 0 Å². The summed E-state index contributed by atoms with van der Waals surface area (Å²) in [6.07, 6.45) is 4.31. The average molecular weight is 198 g/mol. The molecule has 0 bridgehead atoms. The zero-order valence-corrected chi connectivity index (χ0v) is 9.05. The van der Waals surface area contributed by atoms with E-state index in [-0.39, 0.29) is 0 Å². The second-order valence-electron chi connectivity index (χ2n) is 5.14. The van der Waals surface area contributed by atoms with E-state index in [2.05, 4.69) is 17.6 Å². The maximum atomic E-state index is 10.3. The summed E-state index contributed by atoms with van der Waals surface area (Å²) >= 11 is 0. The fraction of sp³-hybridized carbons (Fsp3) is 1.00. The van der Waals surface area contributed by atoms with Crippen LogP contribution in [-0.4, -0.2) is 36.4 Å². The summed E-state index contributed by atoms with van der Waals surface area (Å²) in [4.78, 5) is 0. The van der Waals surface area contributed by atoms with E-state index < -0.39 is 5.60 Å². The van der Waals surface area contributed by atoms with Crippen LogP contribution in [-0.2, 0) is 0 Å². The van der Waals surface area contributed by atoms with Crippen LogP contribution in [0.5, 0.6) is 0 Å². The van der Waals surface area contributed by atoms with Crippen molar-refractivity contribution in [3.05, 3.63) is 0 Å². The topological polar surface area (TPSA) is 44.3 Å². The Bertz CT molecular complexity index is 184. The molecule has 14 heavy (non-hydrogen) atoms. The van der Waals surface area contributed by atoms with Crippen LogP contribution in [0.25, 0.3) is 0 Å². The minimum absolute atomic E-state index is 0.415. The van der Waals surface area contributed by atoms with Crippen LogP contribution in [0.1, 0.15) is 32.6 Å². The Morgan fingerprint density at radius 3 is 2.50 bits per heavy atom. The van der Waals surface area contributed by atoms with E-state index >= 15 is 0 Å². The van der Waals surface area contributed by atoms with Gasteiger partial charge in [-0.25, -0.2) is 0 Å². The second kappa shape index (κ2) is 4.17. The van der Waals surface area contributed by atoms with Crippen molar-refractivity contribution in [3.63, 3.8) is 0 Å².